The van der Waals surface area contributed by atoms with E-state index in [0.717, 1.165) is 12.0 Å². The summed E-state index contributed by atoms with van der Waals surface area (Å²) in [6, 6.07) is 5.31. The molecular formula is C22H29NO2. The zero-order valence-electron chi connectivity index (χ0n) is 16.2. The average molecular weight is 339 g/mol. The van der Waals surface area contributed by atoms with Gasteiger partial charge in [0, 0.05) is 0 Å². The quantitative estimate of drug-likeness (QED) is 0.506. The lowest BCUT2D eigenvalue weighted by molar-refractivity contribution is -0.156. The van der Waals surface area contributed by atoms with E-state index in [1.54, 1.807) is 12.1 Å². The predicted octanol–water partition coefficient (Wildman–Crippen LogP) is 5.76. The van der Waals surface area contributed by atoms with Crippen molar-refractivity contribution >= 4 is 11.7 Å². The summed E-state index contributed by atoms with van der Waals surface area (Å²) in [5.74, 6) is 1.48. The molecule has 4 atom stereocenters. The monoisotopic (exact) mass is 339 g/mol. The number of hydrogen-bond donors (Lipinski definition) is 0. The maximum Gasteiger partial charge on any atom is 0.338 e. The van der Waals surface area contributed by atoms with Crippen LogP contribution in [0.3, 0.4) is 0 Å². The van der Waals surface area contributed by atoms with E-state index < -0.39 is 0 Å². The molecule has 0 aromatic heterocycles. The van der Waals surface area contributed by atoms with E-state index in [1.165, 1.54) is 6.42 Å². The number of ether oxygens (including phenoxy) is 1. The molecule has 0 heterocycles. The van der Waals surface area contributed by atoms with Crippen LogP contribution in [0, 0.1) is 29.7 Å². The molecule has 3 nitrogen and oxygen atoms in total. The van der Waals surface area contributed by atoms with Gasteiger partial charge < -0.3 is 4.74 Å². The van der Waals surface area contributed by atoms with Crippen LogP contribution in [0.25, 0.3) is 4.85 Å². The van der Waals surface area contributed by atoms with Crippen molar-refractivity contribution in [2.75, 3.05) is 0 Å². The molecule has 0 saturated heterocycles. The molecule has 4 rings (SSSR count). The van der Waals surface area contributed by atoms with Crippen molar-refractivity contribution in [3.63, 3.8) is 0 Å². The van der Waals surface area contributed by atoms with E-state index in [2.05, 4.69) is 46.4 Å². The molecule has 1 aromatic carbocycles. The molecule has 0 unspecified atom stereocenters. The van der Waals surface area contributed by atoms with E-state index in [9.17, 15) is 4.79 Å². The van der Waals surface area contributed by atoms with Gasteiger partial charge in [-0.1, -0.05) is 59.7 Å². The van der Waals surface area contributed by atoms with Gasteiger partial charge in [-0.3, -0.25) is 0 Å². The Kier molecular flexibility index (Phi) is 4.22. The molecule has 0 aliphatic heterocycles. The SMILES string of the molecule is [C-]#[N+]c1ccc(C(=O)O[C@H]2C[C@H]3C[C@@H]([C@@H]2C)C3(C)C)cc1C(C)(C)C. The highest BCUT2D eigenvalue weighted by molar-refractivity contribution is 5.90. The Morgan fingerprint density at radius 3 is 2.48 bits per heavy atom. The molecule has 0 N–H and O–H groups in total. The van der Waals surface area contributed by atoms with Gasteiger partial charge in [0.05, 0.1) is 12.1 Å². The normalized spacial score (nSPS) is 30.1. The second-order valence-electron chi connectivity index (χ2n) is 9.49. The first kappa shape index (κ1) is 18.0. The summed E-state index contributed by atoms with van der Waals surface area (Å²) in [7, 11) is 0. The van der Waals surface area contributed by atoms with Crippen LogP contribution in [0.2, 0.25) is 0 Å². The smallest absolute Gasteiger partial charge is 0.338 e. The second kappa shape index (κ2) is 5.87. The number of fused-ring (bicyclic) bond motifs is 2. The van der Waals surface area contributed by atoms with Crippen LogP contribution in [-0.4, -0.2) is 12.1 Å². The molecule has 3 heteroatoms. The number of hydrogen-bond acceptors (Lipinski definition) is 2. The first-order chi connectivity index (χ1) is 11.6. The highest BCUT2D eigenvalue weighted by Gasteiger charge is 2.57. The highest BCUT2D eigenvalue weighted by Crippen LogP contribution is 2.61. The van der Waals surface area contributed by atoms with Crippen LogP contribution in [0.15, 0.2) is 18.2 Å². The molecule has 134 valence electrons. The van der Waals surface area contributed by atoms with Crippen molar-refractivity contribution in [2.45, 2.75) is 65.9 Å². The number of nitrogens with zero attached hydrogens (tertiary/aromatic N) is 1. The molecule has 25 heavy (non-hydrogen) atoms. The van der Waals surface area contributed by atoms with E-state index in [0.29, 0.717) is 34.4 Å². The lowest BCUT2D eigenvalue weighted by Crippen LogP contribution is -2.57. The van der Waals surface area contributed by atoms with Crippen molar-refractivity contribution in [1.29, 1.82) is 0 Å². The molecule has 3 fully saturated rings. The van der Waals surface area contributed by atoms with Crippen LogP contribution in [0.5, 0.6) is 0 Å². The van der Waals surface area contributed by atoms with Gasteiger partial charge in [-0.2, -0.15) is 0 Å². The van der Waals surface area contributed by atoms with Gasteiger partial charge in [0.2, 0.25) is 0 Å². The summed E-state index contributed by atoms with van der Waals surface area (Å²) >= 11 is 0. The summed E-state index contributed by atoms with van der Waals surface area (Å²) in [6.07, 6.45) is 2.27. The number of benzene rings is 1. The van der Waals surface area contributed by atoms with Crippen molar-refractivity contribution in [3.8, 4) is 0 Å². The van der Waals surface area contributed by atoms with Crippen molar-refractivity contribution < 1.29 is 9.53 Å². The third-order valence-corrected chi connectivity index (χ3v) is 6.70. The minimum Gasteiger partial charge on any atom is -0.458 e. The third-order valence-electron chi connectivity index (χ3n) is 6.70. The molecule has 1 aromatic rings. The minimum absolute atomic E-state index is 0.0166. The Labute approximate surface area is 151 Å². The summed E-state index contributed by atoms with van der Waals surface area (Å²) in [4.78, 5) is 16.3. The summed E-state index contributed by atoms with van der Waals surface area (Å²) < 4.78 is 5.91. The summed E-state index contributed by atoms with van der Waals surface area (Å²) in [6.45, 7) is 20.4. The molecule has 0 spiro atoms. The van der Waals surface area contributed by atoms with Gasteiger partial charge in [0.15, 0.2) is 5.69 Å². The Hall–Kier alpha value is -1.82. The van der Waals surface area contributed by atoms with Crippen LogP contribution in [-0.2, 0) is 10.2 Å². The number of carbonyl (C=O) groups is 1. The molecule has 0 radical (unpaired) electrons. The zero-order chi connectivity index (χ0) is 18.6. The van der Waals surface area contributed by atoms with Crippen LogP contribution in [0.4, 0.5) is 5.69 Å². The highest BCUT2D eigenvalue weighted by atomic mass is 16.5. The summed E-state index contributed by atoms with van der Waals surface area (Å²) in [5, 5.41) is 0. The number of rotatable bonds is 2. The Morgan fingerprint density at radius 1 is 1.28 bits per heavy atom. The number of esters is 1. The summed E-state index contributed by atoms with van der Waals surface area (Å²) in [5.41, 5.74) is 2.28. The fourth-order valence-corrected chi connectivity index (χ4v) is 4.82. The maximum atomic E-state index is 12.7. The van der Waals surface area contributed by atoms with E-state index in [1.807, 2.05) is 6.07 Å². The predicted molar refractivity (Wildman–Crippen MR) is 99.8 cm³/mol. The van der Waals surface area contributed by atoms with Crippen LogP contribution in [0.1, 0.15) is 70.3 Å². The lowest BCUT2D eigenvalue weighted by Gasteiger charge is -2.61. The first-order valence-corrected chi connectivity index (χ1v) is 9.28. The molecule has 3 aliphatic rings. The molecule has 3 aliphatic carbocycles. The van der Waals surface area contributed by atoms with E-state index in [-0.39, 0.29) is 17.5 Å². The Balaban J connectivity index is 1.78. The average Bonchev–Trinajstić information content (AvgIpc) is 2.54. The van der Waals surface area contributed by atoms with E-state index >= 15 is 0 Å². The first-order valence-electron chi connectivity index (χ1n) is 9.28. The van der Waals surface area contributed by atoms with Crippen LogP contribution < -0.4 is 0 Å². The molecule has 0 amide bonds. The van der Waals surface area contributed by atoms with Gasteiger partial charge in [-0.25, -0.2) is 9.64 Å². The largest absolute Gasteiger partial charge is 0.458 e. The maximum absolute atomic E-state index is 12.7. The fraction of sp³-hybridized carbons (Fsp3) is 0.636. The van der Waals surface area contributed by atoms with Gasteiger partial charge in [-0.05, 0) is 47.0 Å². The topological polar surface area (TPSA) is 30.7 Å². The van der Waals surface area contributed by atoms with Gasteiger partial charge >= 0.3 is 5.97 Å². The lowest BCUT2D eigenvalue weighted by atomic mass is 9.45. The molecule has 3 saturated carbocycles. The third kappa shape index (κ3) is 2.97. The van der Waals surface area contributed by atoms with Crippen molar-refractivity contribution in [2.24, 2.45) is 23.2 Å². The van der Waals surface area contributed by atoms with Gasteiger partial charge in [0.25, 0.3) is 0 Å². The van der Waals surface area contributed by atoms with Crippen molar-refractivity contribution in [1.82, 2.24) is 0 Å². The zero-order valence-corrected chi connectivity index (χ0v) is 16.2. The molecular weight excluding hydrogens is 310 g/mol. The van der Waals surface area contributed by atoms with E-state index in [4.69, 9.17) is 11.3 Å². The standard InChI is InChI=1S/C22H29NO2/c1-13-16-11-15(22(16,5)6)12-19(13)25-20(24)14-8-9-18(23-7)17(10-14)21(2,3)4/h8-10,13,15-16,19H,11-12H2,1-6H3/t13-,15+,16-,19-/m0/s1. The minimum atomic E-state index is -0.252. The second-order valence-corrected chi connectivity index (χ2v) is 9.49. The number of carbonyl (C=O) groups excluding carboxylic acids is 1. The van der Waals surface area contributed by atoms with Gasteiger partial charge in [0.1, 0.15) is 6.10 Å². The Bertz CT molecular complexity index is 735. The van der Waals surface area contributed by atoms with Gasteiger partial charge in [-0.15, -0.1) is 0 Å². The molecule has 2 bridgehead atoms. The van der Waals surface area contributed by atoms with Crippen LogP contribution >= 0.6 is 0 Å². The van der Waals surface area contributed by atoms with Crippen molar-refractivity contribution in [3.05, 3.63) is 40.7 Å². The fourth-order valence-electron chi connectivity index (χ4n) is 4.82. The Morgan fingerprint density at radius 2 is 1.96 bits per heavy atom.